The molecule has 3 nitrogen and oxygen atoms in total. The fraction of sp³-hybridized carbons (Fsp3) is 0.500. The quantitative estimate of drug-likeness (QED) is 0.768. The Morgan fingerprint density at radius 2 is 2.09 bits per heavy atom. The highest BCUT2D eigenvalue weighted by Gasteiger charge is 2.38. The second-order valence-electron chi connectivity index (χ2n) is 6.14. The first-order chi connectivity index (χ1) is 10.8. The van der Waals surface area contributed by atoms with Crippen LogP contribution in [-0.4, -0.2) is 33.3 Å². The van der Waals surface area contributed by atoms with E-state index in [9.17, 15) is 0 Å². The molecule has 4 rings (SSSR count). The van der Waals surface area contributed by atoms with E-state index in [4.69, 9.17) is 11.6 Å². The Morgan fingerprint density at radius 3 is 2.91 bits per heavy atom. The summed E-state index contributed by atoms with van der Waals surface area (Å²) >= 11 is 9.12. The summed E-state index contributed by atoms with van der Waals surface area (Å²) in [7, 11) is 0. The number of hydrogen-bond acceptors (Lipinski definition) is 5. The Morgan fingerprint density at radius 1 is 1.23 bits per heavy atom. The summed E-state index contributed by atoms with van der Waals surface area (Å²) in [6, 6.07) is 8.07. The molecule has 2 saturated heterocycles. The van der Waals surface area contributed by atoms with Crippen molar-refractivity contribution in [2.24, 2.45) is 5.92 Å². The van der Waals surface area contributed by atoms with E-state index in [0.717, 1.165) is 21.7 Å². The number of fused-ring (bicyclic) bond motifs is 2. The zero-order chi connectivity index (χ0) is 14.9. The lowest BCUT2D eigenvalue weighted by Crippen LogP contribution is -2.25. The molecule has 2 aromatic rings. The zero-order valence-corrected chi connectivity index (χ0v) is 14.6. The normalized spacial score (nSPS) is 27.2. The number of thioether (sulfide) groups is 1. The highest BCUT2D eigenvalue weighted by Crippen LogP contribution is 2.41. The van der Waals surface area contributed by atoms with Crippen LogP contribution in [0.3, 0.4) is 0 Å². The second kappa shape index (κ2) is 6.48. The number of aromatic nitrogens is 2. The van der Waals surface area contributed by atoms with E-state index in [1.165, 1.54) is 55.5 Å². The van der Waals surface area contributed by atoms with Gasteiger partial charge < -0.3 is 4.90 Å². The third-order valence-electron chi connectivity index (χ3n) is 4.69. The van der Waals surface area contributed by atoms with Gasteiger partial charge in [-0.3, -0.25) is 0 Å². The molecule has 0 spiro atoms. The van der Waals surface area contributed by atoms with Gasteiger partial charge in [0.1, 0.15) is 5.03 Å². The van der Waals surface area contributed by atoms with Crippen LogP contribution in [0.2, 0.25) is 5.02 Å². The summed E-state index contributed by atoms with van der Waals surface area (Å²) in [5.41, 5.74) is 2.53. The van der Waals surface area contributed by atoms with Crippen LogP contribution < -0.4 is 0 Å². The smallest absolute Gasteiger partial charge is 0.134 e. The molecule has 116 valence electrons. The summed E-state index contributed by atoms with van der Waals surface area (Å²) in [6.07, 6.45) is 2.69. The monoisotopic (exact) mass is 351 g/mol. The summed E-state index contributed by atoms with van der Waals surface area (Å²) in [5.74, 6) is 2.30. The number of piperidine rings is 1. The lowest BCUT2D eigenvalue weighted by atomic mass is 9.89. The molecular weight excluding hydrogens is 334 g/mol. The molecule has 6 heteroatoms. The van der Waals surface area contributed by atoms with Crippen LogP contribution in [0.5, 0.6) is 0 Å². The number of nitrogens with zero attached hydrogens (tertiary/aromatic N) is 3. The van der Waals surface area contributed by atoms with Crippen molar-refractivity contribution in [2.45, 2.75) is 29.5 Å². The van der Waals surface area contributed by atoms with Crippen molar-refractivity contribution in [1.29, 1.82) is 0 Å². The lowest BCUT2D eigenvalue weighted by molar-refractivity contribution is 0.269. The van der Waals surface area contributed by atoms with Gasteiger partial charge in [-0.2, -0.15) is 8.75 Å². The second-order valence-corrected chi connectivity index (χ2v) is 8.07. The number of halogens is 1. The van der Waals surface area contributed by atoms with Crippen molar-refractivity contribution in [3.63, 3.8) is 0 Å². The Bertz CT molecular complexity index is 643. The summed E-state index contributed by atoms with van der Waals surface area (Å²) in [4.78, 5) is 2.59. The average Bonchev–Trinajstić information content (AvgIpc) is 3.11. The van der Waals surface area contributed by atoms with E-state index >= 15 is 0 Å². The number of hydrogen-bond donors (Lipinski definition) is 0. The van der Waals surface area contributed by atoms with Crippen molar-refractivity contribution in [2.75, 3.05) is 19.6 Å². The third kappa shape index (κ3) is 3.04. The van der Waals surface area contributed by atoms with Crippen LogP contribution >= 0.6 is 35.1 Å². The van der Waals surface area contributed by atoms with Crippen LogP contribution in [0.4, 0.5) is 0 Å². The first-order valence-electron chi connectivity index (χ1n) is 7.71. The van der Waals surface area contributed by atoms with E-state index in [1.54, 1.807) is 0 Å². The van der Waals surface area contributed by atoms with E-state index in [2.05, 4.69) is 25.8 Å². The predicted molar refractivity (Wildman–Crippen MR) is 92.8 cm³/mol. The predicted octanol–water partition coefficient (Wildman–Crippen LogP) is 4.29. The van der Waals surface area contributed by atoms with Crippen LogP contribution in [0.25, 0.3) is 0 Å². The Hall–Kier alpha value is -0.620. The fourth-order valence-electron chi connectivity index (χ4n) is 3.57. The van der Waals surface area contributed by atoms with E-state index in [0.29, 0.717) is 5.92 Å². The van der Waals surface area contributed by atoms with Crippen LogP contribution in [0.15, 0.2) is 29.3 Å². The maximum absolute atomic E-state index is 5.94. The van der Waals surface area contributed by atoms with E-state index in [-0.39, 0.29) is 0 Å². The van der Waals surface area contributed by atoms with Crippen molar-refractivity contribution in [1.82, 2.24) is 13.6 Å². The molecule has 0 amide bonds. The molecule has 3 atom stereocenters. The Labute approximate surface area is 144 Å². The van der Waals surface area contributed by atoms with Crippen molar-refractivity contribution >= 4 is 35.1 Å². The highest BCUT2D eigenvalue weighted by atomic mass is 35.5. The fourth-order valence-corrected chi connectivity index (χ4v) is 5.42. The number of rotatable bonds is 4. The van der Waals surface area contributed by atoms with E-state index < -0.39 is 0 Å². The highest BCUT2D eigenvalue weighted by molar-refractivity contribution is 7.98. The molecule has 0 N–H and O–H groups in total. The van der Waals surface area contributed by atoms with Gasteiger partial charge in [-0.05, 0) is 43.0 Å². The third-order valence-corrected chi connectivity index (χ3v) is 6.65. The topological polar surface area (TPSA) is 29.0 Å². The zero-order valence-electron chi connectivity index (χ0n) is 12.2. The number of benzene rings is 1. The molecule has 1 aromatic heterocycles. The van der Waals surface area contributed by atoms with Gasteiger partial charge in [0.2, 0.25) is 0 Å². The summed E-state index contributed by atoms with van der Waals surface area (Å²) < 4.78 is 9.20. The molecule has 1 aromatic carbocycles. The summed E-state index contributed by atoms with van der Waals surface area (Å²) in [5, 5.41) is 1.93. The van der Waals surface area contributed by atoms with Gasteiger partial charge >= 0.3 is 0 Å². The lowest BCUT2D eigenvalue weighted by Gasteiger charge is -2.21. The molecule has 2 fully saturated rings. The Balaban J connectivity index is 1.47. The molecular formula is C16H18ClN3S2. The molecule has 2 bridgehead atoms. The molecule has 0 saturated carbocycles. The molecule has 0 aliphatic carbocycles. The SMILES string of the molecule is Clc1ccc(CSc2nsnc2C2CN3CCCC2C3)cc1. The maximum Gasteiger partial charge on any atom is 0.134 e. The minimum atomic E-state index is 0.592. The van der Waals surface area contributed by atoms with Gasteiger partial charge in [0.15, 0.2) is 0 Å². The molecule has 3 unspecified atom stereocenters. The van der Waals surface area contributed by atoms with Crippen molar-refractivity contribution < 1.29 is 0 Å². The molecule has 2 aliphatic rings. The Kier molecular flexibility index (Phi) is 4.40. The average molecular weight is 352 g/mol. The molecule has 0 radical (unpaired) electrons. The standard InChI is InChI=1S/C16H18ClN3S2/c17-13-5-3-11(4-6-13)10-21-16-15(18-22-19-16)14-9-20-7-1-2-12(14)8-20/h3-6,12,14H,1-2,7-10H2. The van der Waals surface area contributed by atoms with Gasteiger partial charge in [-0.25, -0.2) is 0 Å². The van der Waals surface area contributed by atoms with Gasteiger partial charge in [-0.15, -0.1) is 0 Å². The summed E-state index contributed by atoms with van der Waals surface area (Å²) in [6.45, 7) is 3.69. The van der Waals surface area contributed by atoms with Crippen molar-refractivity contribution in [3.8, 4) is 0 Å². The first-order valence-corrected chi connectivity index (χ1v) is 9.81. The largest absolute Gasteiger partial charge is 0.302 e. The first kappa shape index (κ1) is 14.9. The van der Waals surface area contributed by atoms with Crippen LogP contribution in [-0.2, 0) is 5.75 Å². The van der Waals surface area contributed by atoms with Crippen LogP contribution in [0.1, 0.15) is 30.0 Å². The molecule has 3 heterocycles. The van der Waals surface area contributed by atoms with Crippen LogP contribution in [0, 0.1) is 5.92 Å². The minimum Gasteiger partial charge on any atom is -0.302 e. The van der Waals surface area contributed by atoms with Gasteiger partial charge in [0, 0.05) is 29.8 Å². The molecule has 2 aliphatic heterocycles. The molecule has 22 heavy (non-hydrogen) atoms. The maximum atomic E-state index is 5.94. The van der Waals surface area contributed by atoms with Gasteiger partial charge in [0.05, 0.1) is 17.4 Å². The van der Waals surface area contributed by atoms with Gasteiger partial charge in [-0.1, -0.05) is 35.5 Å². The van der Waals surface area contributed by atoms with E-state index in [1.807, 2.05) is 23.9 Å². The van der Waals surface area contributed by atoms with Gasteiger partial charge in [0.25, 0.3) is 0 Å². The minimum absolute atomic E-state index is 0.592. The van der Waals surface area contributed by atoms with Crippen molar-refractivity contribution in [3.05, 3.63) is 40.5 Å².